The van der Waals surface area contributed by atoms with Gasteiger partial charge in [0.2, 0.25) is 0 Å². The number of carbonyl (C=O) groups excluding carboxylic acids is 1. The van der Waals surface area contributed by atoms with Crippen LogP contribution in [0, 0.1) is 0 Å². The van der Waals surface area contributed by atoms with Gasteiger partial charge in [-0.1, -0.05) is 11.6 Å². The van der Waals surface area contributed by atoms with Crippen LogP contribution in [0.25, 0.3) is 0 Å². The van der Waals surface area contributed by atoms with Gasteiger partial charge in [0.15, 0.2) is 6.29 Å². The molecule has 1 aromatic carbocycles. The summed E-state index contributed by atoms with van der Waals surface area (Å²) in [5, 5.41) is 0.652. The van der Waals surface area contributed by atoms with E-state index in [0.717, 1.165) is 18.5 Å². The summed E-state index contributed by atoms with van der Waals surface area (Å²) in [6.45, 7) is 4.25. The summed E-state index contributed by atoms with van der Waals surface area (Å²) in [5.41, 5.74) is 1.58. The van der Waals surface area contributed by atoms with Crippen LogP contribution in [0.5, 0.6) is 0 Å². The molecule has 1 aromatic rings. The van der Waals surface area contributed by atoms with Crippen molar-refractivity contribution in [3.8, 4) is 0 Å². The molecule has 16 heavy (non-hydrogen) atoms. The molecule has 1 aliphatic rings. The summed E-state index contributed by atoms with van der Waals surface area (Å²) >= 11 is 5.97. The van der Waals surface area contributed by atoms with Crippen molar-refractivity contribution in [2.45, 2.75) is 13.0 Å². The second-order valence-electron chi connectivity index (χ2n) is 3.94. The monoisotopic (exact) mass is 239 g/mol. The van der Waals surface area contributed by atoms with Crippen LogP contribution in [0.3, 0.4) is 0 Å². The second-order valence-corrected chi connectivity index (χ2v) is 4.37. The molecule has 3 nitrogen and oxygen atoms in total. The Kier molecular flexibility index (Phi) is 3.46. The number of rotatable bonds is 2. The van der Waals surface area contributed by atoms with Gasteiger partial charge < -0.3 is 9.64 Å². The van der Waals surface area contributed by atoms with Crippen molar-refractivity contribution in [1.29, 1.82) is 0 Å². The highest BCUT2D eigenvalue weighted by molar-refractivity contribution is 6.31. The van der Waals surface area contributed by atoms with Gasteiger partial charge in [-0.05, 0) is 25.1 Å². The van der Waals surface area contributed by atoms with Crippen LogP contribution in [-0.4, -0.2) is 32.1 Å². The lowest BCUT2D eigenvalue weighted by Gasteiger charge is -2.36. The summed E-state index contributed by atoms with van der Waals surface area (Å²) in [6, 6.07) is 5.60. The number of ether oxygens (including phenoxy) is 1. The van der Waals surface area contributed by atoms with Gasteiger partial charge in [0, 0.05) is 28.9 Å². The highest BCUT2D eigenvalue weighted by atomic mass is 35.5. The first kappa shape index (κ1) is 11.4. The minimum atomic E-state index is 0.269. The van der Waals surface area contributed by atoms with Crippen LogP contribution in [0.1, 0.15) is 17.3 Å². The molecule has 0 aromatic heterocycles. The molecular formula is C12H14ClNO2. The first-order chi connectivity index (χ1) is 7.72. The van der Waals surface area contributed by atoms with Crippen LogP contribution >= 0.6 is 11.6 Å². The molecule has 1 atom stereocenters. The fourth-order valence-electron chi connectivity index (χ4n) is 1.95. The molecule has 0 aliphatic carbocycles. The Labute approximate surface area is 100.0 Å². The smallest absolute Gasteiger partial charge is 0.152 e. The number of anilines is 1. The van der Waals surface area contributed by atoms with E-state index in [9.17, 15) is 4.79 Å². The molecule has 0 radical (unpaired) electrons. The number of halogens is 1. The van der Waals surface area contributed by atoms with Crippen LogP contribution in [-0.2, 0) is 4.74 Å². The lowest BCUT2D eigenvalue weighted by atomic mass is 10.1. The van der Waals surface area contributed by atoms with Crippen molar-refractivity contribution < 1.29 is 9.53 Å². The summed E-state index contributed by atoms with van der Waals surface area (Å²) in [5.74, 6) is 0. The maximum Gasteiger partial charge on any atom is 0.152 e. The Hall–Kier alpha value is -1.06. The maximum absolute atomic E-state index is 11.0. The fourth-order valence-corrected chi connectivity index (χ4v) is 2.12. The zero-order valence-corrected chi connectivity index (χ0v) is 9.91. The summed E-state index contributed by atoms with van der Waals surface area (Å²) in [4.78, 5) is 13.2. The van der Waals surface area contributed by atoms with E-state index >= 15 is 0 Å². The third kappa shape index (κ3) is 2.20. The first-order valence-corrected chi connectivity index (χ1v) is 5.69. The molecule has 0 saturated carbocycles. The average molecular weight is 240 g/mol. The highest BCUT2D eigenvalue weighted by Crippen LogP contribution is 2.26. The highest BCUT2D eigenvalue weighted by Gasteiger charge is 2.21. The van der Waals surface area contributed by atoms with Gasteiger partial charge in [0.05, 0.1) is 13.2 Å². The Morgan fingerprint density at radius 2 is 2.38 bits per heavy atom. The van der Waals surface area contributed by atoms with Gasteiger partial charge in [-0.2, -0.15) is 0 Å². The molecule has 1 heterocycles. The molecule has 86 valence electrons. The van der Waals surface area contributed by atoms with E-state index in [2.05, 4.69) is 11.8 Å². The molecule has 0 N–H and O–H groups in total. The quantitative estimate of drug-likeness (QED) is 0.743. The second kappa shape index (κ2) is 4.85. The number of morpholine rings is 1. The van der Waals surface area contributed by atoms with E-state index < -0.39 is 0 Å². The Morgan fingerprint density at radius 3 is 3.06 bits per heavy atom. The van der Waals surface area contributed by atoms with Gasteiger partial charge >= 0.3 is 0 Å². The summed E-state index contributed by atoms with van der Waals surface area (Å²) in [6.07, 6.45) is 0.869. The Balaban J connectivity index is 2.36. The lowest BCUT2D eigenvalue weighted by molar-refractivity contribution is 0.0985. The molecule has 1 aliphatic heterocycles. The van der Waals surface area contributed by atoms with Gasteiger partial charge in [-0.15, -0.1) is 0 Å². The number of hydrogen-bond donors (Lipinski definition) is 0. The Bertz CT molecular complexity index is 395. The third-order valence-electron chi connectivity index (χ3n) is 2.80. The van der Waals surface area contributed by atoms with Crippen LogP contribution in [0.15, 0.2) is 18.2 Å². The number of aldehydes is 1. The number of carbonyl (C=O) groups is 1. The van der Waals surface area contributed by atoms with Crippen molar-refractivity contribution in [3.05, 3.63) is 28.8 Å². The zero-order valence-electron chi connectivity index (χ0n) is 9.15. The van der Waals surface area contributed by atoms with Crippen LogP contribution < -0.4 is 4.90 Å². The van der Waals surface area contributed by atoms with E-state index in [1.54, 1.807) is 12.1 Å². The predicted octanol–water partition coefficient (Wildman–Crippen LogP) is 2.38. The van der Waals surface area contributed by atoms with Crippen molar-refractivity contribution in [2.75, 3.05) is 24.7 Å². The van der Waals surface area contributed by atoms with Gasteiger partial charge in [-0.25, -0.2) is 0 Å². The largest absolute Gasteiger partial charge is 0.377 e. The number of hydrogen-bond acceptors (Lipinski definition) is 3. The van der Waals surface area contributed by atoms with E-state index in [4.69, 9.17) is 16.3 Å². The third-order valence-corrected chi connectivity index (χ3v) is 3.03. The maximum atomic E-state index is 11.0. The van der Waals surface area contributed by atoms with Crippen molar-refractivity contribution in [1.82, 2.24) is 0 Å². The molecule has 0 amide bonds. The molecule has 1 unspecified atom stereocenters. The van der Waals surface area contributed by atoms with Crippen molar-refractivity contribution in [3.63, 3.8) is 0 Å². The summed E-state index contributed by atoms with van der Waals surface area (Å²) in [7, 11) is 0. The Morgan fingerprint density at radius 1 is 1.56 bits per heavy atom. The van der Waals surface area contributed by atoms with E-state index in [-0.39, 0.29) is 6.04 Å². The molecule has 4 heteroatoms. The normalized spacial score (nSPS) is 20.9. The number of benzene rings is 1. The topological polar surface area (TPSA) is 29.5 Å². The molecule has 2 rings (SSSR count). The van der Waals surface area contributed by atoms with Crippen LogP contribution in [0.4, 0.5) is 5.69 Å². The molecular weight excluding hydrogens is 226 g/mol. The zero-order chi connectivity index (χ0) is 11.5. The lowest BCUT2D eigenvalue weighted by Crippen LogP contribution is -2.44. The SMILES string of the molecule is CC1COCCN1c1cc(Cl)ccc1C=O. The molecule has 0 bridgehead atoms. The molecule has 0 spiro atoms. The van der Waals surface area contributed by atoms with Crippen molar-refractivity contribution in [2.24, 2.45) is 0 Å². The standard InChI is InChI=1S/C12H14ClNO2/c1-9-8-16-5-4-14(9)12-6-11(13)3-2-10(12)7-15/h2-3,6-7,9H,4-5,8H2,1H3. The minimum absolute atomic E-state index is 0.269. The number of nitrogens with zero attached hydrogens (tertiary/aromatic N) is 1. The first-order valence-electron chi connectivity index (χ1n) is 5.31. The van der Waals surface area contributed by atoms with E-state index in [0.29, 0.717) is 23.8 Å². The van der Waals surface area contributed by atoms with E-state index in [1.807, 2.05) is 6.07 Å². The predicted molar refractivity (Wildman–Crippen MR) is 64.5 cm³/mol. The van der Waals surface area contributed by atoms with E-state index in [1.165, 1.54) is 0 Å². The molecule has 1 saturated heterocycles. The average Bonchev–Trinajstić information content (AvgIpc) is 2.29. The molecule has 1 fully saturated rings. The van der Waals surface area contributed by atoms with Gasteiger partial charge in [0.1, 0.15) is 0 Å². The van der Waals surface area contributed by atoms with Crippen molar-refractivity contribution >= 4 is 23.6 Å². The minimum Gasteiger partial charge on any atom is -0.377 e. The van der Waals surface area contributed by atoms with Crippen LogP contribution in [0.2, 0.25) is 5.02 Å². The fraction of sp³-hybridized carbons (Fsp3) is 0.417. The summed E-state index contributed by atoms with van der Waals surface area (Å²) < 4.78 is 5.37. The van der Waals surface area contributed by atoms with Gasteiger partial charge in [0.25, 0.3) is 0 Å². The van der Waals surface area contributed by atoms with Gasteiger partial charge in [-0.3, -0.25) is 4.79 Å².